The van der Waals surface area contributed by atoms with Crippen molar-refractivity contribution in [2.24, 2.45) is 0 Å². The molecule has 0 aliphatic carbocycles. The number of hydrogen-bond acceptors (Lipinski definition) is 9. The van der Waals surface area contributed by atoms with Gasteiger partial charge in [-0.15, -0.1) is 0 Å². The van der Waals surface area contributed by atoms with Crippen LogP contribution in [0.2, 0.25) is 0 Å². The molecular formula is C23H23N7O3. The zero-order valence-corrected chi connectivity index (χ0v) is 18.0. The first-order chi connectivity index (χ1) is 16.0. The number of nitrogen functional groups attached to an aromatic ring is 1. The number of aromatic hydroxyl groups is 1. The summed E-state index contributed by atoms with van der Waals surface area (Å²) >= 11 is 0. The second-order valence-corrected chi connectivity index (χ2v) is 7.72. The first kappa shape index (κ1) is 20.6. The predicted molar refractivity (Wildman–Crippen MR) is 125 cm³/mol. The van der Waals surface area contributed by atoms with E-state index in [0.29, 0.717) is 28.5 Å². The number of aromatic nitrogens is 4. The van der Waals surface area contributed by atoms with Gasteiger partial charge in [-0.1, -0.05) is 0 Å². The van der Waals surface area contributed by atoms with E-state index >= 15 is 0 Å². The first-order valence-electron chi connectivity index (χ1n) is 10.5. The maximum Gasteiger partial charge on any atom is 0.337 e. The van der Waals surface area contributed by atoms with Gasteiger partial charge in [0.05, 0.1) is 12.7 Å². The topological polar surface area (TPSA) is 123 Å². The summed E-state index contributed by atoms with van der Waals surface area (Å²) in [6, 6.07) is 14.2. The number of ether oxygens (including phenoxy) is 1. The van der Waals surface area contributed by atoms with Crippen LogP contribution in [0.4, 0.5) is 17.5 Å². The molecule has 10 heteroatoms. The Hall–Kier alpha value is -4.34. The molecule has 4 aromatic rings. The van der Waals surface area contributed by atoms with Crippen molar-refractivity contribution < 1.29 is 14.6 Å². The summed E-state index contributed by atoms with van der Waals surface area (Å²) in [4.78, 5) is 29.7. The molecule has 0 atom stereocenters. The number of imidazole rings is 1. The Kier molecular flexibility index (Phi) is 5.17. The molecule has 0 spiro atoms. The van der Waals surface area contributed by atoms with Gasteiger partial charge in [0, 0.05) is 37.6 Å². The molecule has 2 aromatic heterocycles. The summed E-state index contributed by atoms with van der Waals surface area (Å²) in [5.74, 6) is 0.739. The monoisotopic (exact) mass is 445 g/mol. The molecule has 0 saturated carbocycles. The van der Waals surface area contributed by atoms with E-state index in [1.165, 1.54) is 7.11 Å². The molecule has 33 heavy (non-hydrogen) atoms. The highest BCUT2D eigenvalue weighted by molar-refractivity contribution is 5.89. The summed E-state index contributed by atoms with van der Waals surface area (Å²) in [5, 5.41) is 9.51. The van der Waals surface area contributed by atoms with Crippen molar-refractivity contribution in [1.29, 1.82) is 0 Å². The maximum atomic E-state index is 11.7. The normalized spacial score (nSPS) is 14.0. The van der Waals surface area contributed by atoms with Crippen LogP contribution < -0.4 is 15.5 Å². The lowest BCUT2D eigenvalue weighted by molar-refractivity contribution is 0.0600. The lowest BCUT2D eigenvalue weighted by Gasteiger charge is -2.36. The van der Waals surface area contributed by atoms with Crippen molar-refractivity contribution in [3.8, 4) is 11.4 Å². The molecule has 1 aliphatic rings. The number of anilines is 3. The molecule has 0 radical (unpaired) electrons. The fourth-order valence-corrected chi connectivity index (χ4v) is 3.94. The van der Waals surface area contributed by atoms with Crippen molar-refractivity contribution in [3.05, 3.63) is 60.4 Å². The van der Waals surface area contributed by atoms with Crippen LogP contribution >= 0.6 is 0 Å². The van der Waals surface area contributed by atoms with E-state index in [1.54, 1.807) is 30.6 Å². The molecule has 3 heterocycles. The van der Waals surface area contributed by atoms with E-state index in [2.05, 4.69) is 19.8 Å². The van der Waals surface area contributed by atoms with Crippen LogP contribution in [0.25, 0.3) is 16.9 Å². The van der Waals surface area contributed by atoms with Gasteiger partial charge in [0.1, 0.15) is 12.1 Å². The number of piperazine rings is 1. The van der Waals surface area contributed by atoms with E-state index in [9.17, 15) is 9.90 Å². The highest BCUT2D eigenvalue weighted by Gasteiger charge is 2.22. The minimum atomic E-state index is -0.391. The van der Waals surface area contributed by atoms with E-state index in [0.717, 1.165) is 37.6 Å². The Balaban J connectivity index is 1.40. The van der Waals surface area contributed by atoms with E-state index in [4.69, 9.17) is 15.5 Å². The molecule has 168 valence electrons. The Morgan fingerprint density at radius 2 is 1.58 bits per heavy atom. The van der Waals surface area contributed by atoms with Crippen molar-refractivity contribution in [1.82, 2.24) is 19.5 Å². The van der Waals surface area contributed by atoms with Crippen molar-refractivity contribution in [2.45, 2.75) is 0 Å². The van der Waals surface area contributed by atoms with Crippen LogP contribution in [0, 0.1) is 0 Å². The molecular weight excluding hydrogens is 422 g/mol. The third-order valence-corrected chi connectivity index (χ3v) is 5.76. The smallest absolute Gasteiger partial charge is 0.337 e. The Labute approximate surface area is 189 Å². The fraction of sp³-hybridized carbons (Fsp3) is 0.217. The molecule has 5 rings (SSSR count). The van der Waals surface area contributed by atoms with Crippen molar-refractivity contribution in [3.63, 3.8) is 0 Å². The molecule has 10 nitrogen and oxygen atoms in total. The highest BCUT2D eigenvalue weighted by Crippen LogP contribution is 2.25. The van der Waals surface area contributed by atoms with Gasteiger partial charge >= 0.3 is 5.97 Å². The summed E-state index contributed by atoms with van der Waals surface area (Å²) in [6.07, 6.45) is 1.65. The summed E-state index contributed by atoms with van der Waals surface area (Å²) in [7, 11) is 1.35. The minimum absolute atomic E-state index is 0.256. The molecule has 1 saturated heterocycles. The standard InChI is InChI=1S/C23H23N7O3/c1-33-22(32)15-2-4-17(5-3-15)30-14-25-19-20(24)26-23(27-21(19)30)29-12-10-28(11-13-29)16-6-8-18(31)9-7-16/h2-9,14,31H,10-13H2,1H3,(H2,24,26,27). The summed E-state index contributed by atoms with van der Waals surface area (Å²) < 4.78 is 6.59. The van der Waals surface area contributed by atoms with Gasteiger partial charge in [-0.3, -0.25) is 4.57 Å². The third-order valence-electron chi connectivity index (χ3n) is 5.76. The molecule has 2 aromatic carbocycles. The van der Waals surface area contributed by atoms with Crippen LogP contribution in [0.15, 0.2) is 54.9 Å². The molecule has 0 bridgehead atoms. The predicted octanol–water partition coefficient (Wildman–Crippen LogP) is 2.22. The minimum Gasteiger partial charge on any atom is -0.508 e. The molecule has 1 aliphatic heterocycles. The SMILES string of the molecule is COC(=O)c1ccc(-n2cnc3c(N)nc(N4CCN(c5ccc(O)cc5)CC4)nc32)cc1. The number of phenolic OH excluding ortho intramolecular Hbond substituents is 1. The average molecular weight is 445 g/mol. The van der Waals surface area contributed by atoms with Gasteiger partial charge in [0.25, 0.3) is 0 Å². The number of rotatable bonds is 4. The number of benzene rings is 2. The lowest BCUT2D eigenvalue weighted by atomic mass is 10.2. The number of hydrogen-bond donors (Lipinski definition) is 2. The Bertz CT molecular complexity index is 1290. The number of carbonyl (C=O) groups excluding carboxylic acids is 1. The Morgan fingerprint density at radius 3 is 2.24 bits per heavy atom. The van der Waals surface area contributed by atoms with Crippen LogP contribution in [0.5, 0.6) is 5.75 Å². The second-order valence-electron chi connectivity index (χ2n) is 7.72. The first-order valence-corrected chi connectivity index (χ1v) is 10.5. The van der Waals surface area contributed by atoms with E-state index < -0.39 is 5.97 Å². The average Bonchev–Trinajstić information content (AvgIpc) is 3.29. The number of phenols is 1. The number of esters is 1. The lowest BCUT2D eigenvalue weighted by Crippen LogP contribution is -2.47. The van der Waals surface area contributed by atoms with Gasteiger partial charge in [-0.05, 0) is 48.5 Å². The maximum absolute atomic E-state index is 11.7. The quantitative estimate of drug-likeness (QED) is 0.455. The van der Waals surface area contributed by atoms with E-state index in [-0.39, 0.29) is 5.75 Å². The van der Waals surface area contributed by atoms with Crippen molar-refractivity contribution in [2.75, 3.05) is 48.8 Å². The van der Waals surface area contributed by atoms with Crippen LogP contribution in [-0.4, -0.2) is 63.9 Å². The van der Waals surface area contributed by atoms with Crippen molar-refractivity contribution >= 4 is 34.6 Å². The van der Waals surface area contributed by atoms with Gasteiger partial charge < -0.3 is 25.4 Å². The molecule has 0 amide bonds. The second kappa shape index (κ2) is 8.30. The van der Waals surface area contributed by atoms with Gasteiger partial charge in [0.2, 0.25) is 5.95 Å². The zero-order valence-electron chi connectivity index (χ0n) is 18.0. The van der Waals surface area contributed by atoms with Crippen LogP contribution in [0.1, 0.15) is 10.4 Å². The molecule has 0 unspecified atom stereocenters. The summed E-state index contributed by atoms with van der Waals surface area (Å²) in [5.41, 5.74) is 9.68. The third kappa shape index (κ3) is 3.86. The van der Waals surface area contributed by atoms with Crippen LogP contribution in [0.3, 0.4) is 0 Å². The van der Waals surface area contributed by atoms with Crippen LogP contribution in [-0.2, 0) is 4.74 Å². The fourth-order valence-electron chi connectivity index (χ4n) is 3.94. The Morgan fingerprint density at radius 1 is 0.939 bits per heavy atom. The number of carbonyl (C=O) groups is 1. The van der Waals surface area contributed by atoms with Gasteiger partial charge in [-0.25, -0.2) is 9.78 Å². The molecule has 3 N–H and O–H groups in total. The number of nitrogens with two attached hydrogens (primary N) is 1. The highest BCUT2D eigenvalue weighted by atomic mass is 16.5. The van der Waals surface area contributed by atoms with Gasteiger partial charge in [0.15, 0.2) is 17.0 Å². The van der Waals surface area contributed by atoms with Gasteiger partial charge in [-0.2, -0.15) is 9.97 Å². The number of fused-ring (bicyclic) bond motifs is 1. The number of nitrogens with zero attached hydrogens (tertiary/aromatic N) is 6. The number of methoxy groups -OCH3 is 1. The summed E-state index contributed by atoms with van der Waals surface area (Å²) in [6.45, 7) is 3.04. The van der Waals surface area contributed by atoms with E-state index in [1.807, 2.05) is 28.8 Å². The zero-order chi connectivity index (χ0) is 22.9. The molecule has 1 fully saturated rings. The largest absolute Gasteiger partial charge is 0.508 e.